The van der Waals surface area contributed by atoms with Crippen LogP contribution in [0.5, 0.6) is 0 Å². The van der Waals surface area contributed by atoms with E-state index in [0.29, 0.717) is 11.5 Å². The third-order valence-electron chi connectivity index (χ3n) is 2.39. The van der Waals surface area contributed by atoms with Gasteiger partial charge in [0.05, 0.1) is 0 Å². The van der Waals surface area contributed by atoms with Crippen LogP contribution in [0.15, 0.2) is 11.6 Å². The van der Waals surface area contributed by atoms with Crippen molar-refractivity contribution in [3.63, 3.8) is 0 Å². The van der Waals surface area contributed by atoms with Gasteiger partial charge in [0, 0.05) is 5.92 Å². The van der Waals surface area contributed by atoms with Gasteiger partial charge in [0.15, 0.2) is 5.78 Å². The molecule has 1 aliphatic carbocycles. The second-order valence-electron chi connectivity index (χ2n) is 3.63. The molecule has 0 heterocycles. The molecule has 1 unspecified atom stereocenters. The molecule has 0 aromatic carbocycles. The molecular formula is C10H14O2. The maximum atomic E-state index is 11.4. The monoisotopic (exact) mass is 166 g/mol. The number of carbonyl (C=O) groups is 2. The van der Waals surface area contributed by atoms with Gasteiger partial charge in [-0.3, -0.25) is 9.59 Å². The second-order valence-corrected chi connectivity index (χ2v) is 3.63. The summed E-state index contributed by atoms with van der Waals surface area (Å²) >= 11 is 0. The van der Waals surface area contributed by atoms with E-state index in [-0.39, 0.29) is 11.7 Å². The summed E-state index contributed by atoms with van der Waals surface area (Å²) in [7, 11) is 0. The number of rotatable bonds is 2. The molecule has 0 saturated carbocycles. The van der Waals surface area contributed by atoms with Gasteiger partial charge in [-0.15, -0.1) is 0 Å². The highest BCUT2D eigenvalue weighted by Crippen LogP contribution is 2.25. The van der Waals surface area contributed by atoms with Gasteiger partial charge in [-0.2, -0.15) is 0 Å². The van der Waals surface area contributed by atoms with Crippen molar-refractivity contribution < 1.29 is 9.59 Å². The topological polar surface area (TPSA) is 34.1 Å². The SMILES string of the molecule is CC(C)C1CCC(C=O)=CC1=O. The van der Waals surface area contributed by atoms with Crippen molar-refractivity contribution in [1.29, 1.82) is 0 Å². The van der Waals surface area contributed by atoms with E-state index in [1.807, 2.05) is 13.8 Å². The number of allylic oxidation sites excluding steroid dienone is 2. The Kier molecular flexibility index (Phi) is 2.79. The van der Waals surface area contributed by atoms with Crippen LogP contribution >= 0.6 is 0 Å². The van der Waals surface area contributed by atoms with Crippen molar-refractivity contribution in [1.82, 2.24) is 0 Å². The lowest BCUT2D eigenvalue weighted by Crippen LogP contribution is -2.22. The molecule has 1 rings (SSSR count). The molecule has 0 aromatic heterocycles. The Labute approximate surface area is 72.7 Å². The number of hydrogen-bond donors (Lipinski definition) is 0. The van der Waals surface area contributed by atoms with Crippen molar-refractivity contribution in [2.45, 2.75) is 26.7 Å². The van der Waals surface area contributed by atoms with Crippen LogP contribution in [-0.4, -0.2) is 12.1 Å². The van der Waals surface area contributed by atoms with Crippen LogP contribution in [0, 0.1) is 11.8 Å². The highest BCUT2D eigenvalue weighted by Gasteiger charge is 2.24. The average Bonchev–Trinajstić information content (AvgIpc) is 2.03. The predicted octanol–water partition coefficient (Wildman–Crippen LogP) is 1.75. The molecule has 0 fully saturated rings. The van der Waals surface area contributed by atoms with E-state index in [1.54, 1.807) is 0 Å². The molecule has 12 heavy (non-hydrogen) atoms. The number of aldehydes is 1. The highest BCUT2D eigenvalue weighted by atomic mass is 16.1. The summed E-state index contributed by atoms with van der Waals surface area (Å²) in [5.41, 5.74) is 0.650. The first kappa shape index (κ1) is 9.17. The first-order chi connectivity index (χ1) is 5.65. The van der Waals surface area contributed by atoms with Crippen molar-refractivity contribution in [3.8, 4) is 0 Å². The van der Waals surface area contributed by atoms with E-state index in [0.717, 1.165) is 19.1 Å². The van der Waals surface area contributed by atoms with Crippen molar-refractivity contribution in [2.24, 2.45) is 11.8 Å². The van der Waals surface area contributed by atoms with Crippen LogP contribution < -0.4 is 0 Å². The van der Waals surface area contributed by atoms with Crippen molar-refractivity contribution >= 4 is 12.1 Å². The van der Waals surface area contributed by atoms with Gasteiger partial charge in [0.1, 0.15) is 6.29 Å². The van der Waals surface area contributed by atoms with Gasteiger partial charge in [-0.25, -0.2) is 0 Å². The molecule has 1 atom stereocenters. The van der Waals surface area contributed by atoms with Gasteiger partial charge in [-0.1, -0.05) is 13.8 Å². The molecule has 0 radical (unpaired) electrons. The van der Waals surface area contributed by atoms with Gasteiger partial charge in [-0.05, 0) is 30.4 Å². The molecule has 66 valence electrons. The first-order valence-corrected chi connectivity index (χ1v) is 4.34. The first-order valence-electron chi connectivity index (χ1n) is 4.34. The molecule has 0 N–H and O–H groups in total. The van der Waals surface area contributed by atoms with Gasteiger partial charge in [0.2, 0.25) is 0 Å². The molecule has 2 heteroatoms. The Balaban J connectivity index is 2.73. The quantitative estimate of drug-likeness (QED) is 0.585. The van der Waals surface area contributed by atoms with Gasteiger partial charge in [0.25, 0.3) is 0 Å². The van der Waals surface area contributed by atoms with Crippen LogP contribution in [0.25, 0.3) is 0 Å². The lowest BCUT2D eigenvalue weighted by Gasteiger charge is -2.21. The summed E-state index contributed by atoms with van der Waals surface area (Å²) in [6.45, 7) is 4.09. The average molecular weight is 166 g/mol. The molecule has 0 amide bonds. The molecule has 0 aliphatic heterocycles. The summed E-state index contributed by atoms with van der Waals surface area (Å²) in [5.74, 6) is 0.647. The Hall–Kier alpha value is -0.920. The molecule has 1 aliphatic rings. The fourth-order valence-corrected chi connectivity index (χ4v) is 1.58. The molecule has 0 spiro atoms. The van der Waals surface area contributed by atoms with E-state index in [4.69, 9.17) is 0 Å². The Morgan fingerprint density at radius 3 is 2.67 bits per heavy atom. The zero-order valence-electron chi connectivity index (χ0n) is 7.54. The van der Waals surface area contributed by atoms with E-state index in [1.165, 1.54) is 6.08 Å². The zero-order valence-corrected chi connectivity index (χ0v) is 7.54. The van der Waals surface area contributed by atoms with E-state index in [2.05, 4.69) is 0 Å². The van der Waals surface area contributed by atoms with Gasteiger partial charge < -0.3 is 0 Å². The van der Waals surface area contributed by atoms with E-state index < -0.39 is 0 Å². The predicted molar refractivity (Wildman–Crippen MR) is 46.7 cm³/mol. The standard InChI is InChI=1S/C10H14O2/c1-7(2)9-4-3-8(6-11)5-10(9)12/h5-7,9H,3-4H2,1-2H3. The molecule has 0 aromatic rings. The molecule has 0 saturated heterocycles. The van der Waals surface area contributed by atoms with Crippen molar-refractivity contribution in [3.05, 3.63) is 11.6 Å². The summed E-state index contributed by atoms with van der Waals surface area (Å²) < 4.78 is 0. The summed E-state index contributed by atoms with van der Waals surface area (Å²) in [6, 6.07) is 0. The minimum atomic E-state index is 0.123. The van der Waals surface area contributed by atoms with Crippen LogP contribution in [-0.2, 0) is 9.59 Å². The van der Waals surface area contributed by atoms with Crippen molar-refractivity contribution in [2.75, 3.05) is 0 Å². The lowest BCUT2D eigenvalue weighted by molar-refractivity contribution is -0.120. The maximum Gasteiger partial charge on any atom is 0.159 e. The Bertz CT molecular complexity index is 226. The summed E-state index contributed by atoms with van der Waals surface area (Å²) in [4.78, 5) is 21.7. The third-order valence-corrected chi connectivity index (χ3v) is 2.39. The molecule has 2 nitrogen and oxygen atoms in total. The van der Waals surface area contributed by atoms with Crippen LogP contribution in [0.1, 0.15) is 26.7 Å². The number of hydrogen-bond acceptors (Lipinski definition) is 2. The van der Waals surface area contributed by atoms with E-state index >= 15 is 0 Å². The third kappa shape index (κ3) is 1.81. The van der Waals surface area contributed by atoms with Gasteiger partial charge >= 0.3 is 0 Å². The fourth-order valence-electron chi connectivity index (χ4n) is 1.58. The minimum absolute atomic E-state index is 0.123. The van der Waals surface area contributed by atoms with Crippen LogP contribution in [0.2, 0.25) is 0 Å². The normalized spacial score (nSPS) is 24.1. The second kappa shape index (κ2) is 3.65. The van der Waals surface area contributed by atoms with Crippen LogP contribution in [0.4, 0.5) is 0 Å². The van der Waals surface area contributed by atoms with Crippen LogP contribution in [0.3, 0.4) is 0 Å². The summed E-state index contributed by atoms with van der Waals surface area (Å²) in [6.07, 6.45) is 3.88. The molecular weight excluding hydrogens is 152 g/mol. The largest absolute Gasteiger partial charge is 0.298 e. The molecule has 0 bridgehead atoms. The van der Waals surface area contributed by atoms with E-state index in [9.17, 15) is 9.59 Å². The fraction of sp³-hybridized carbons (Fsp3) is 0.600. The summed E-state index contributed by atoms with van der Waals surface area (Å²) in [5, 5.41) is 0. The highest BCUT2D eigenvalue weighted by molar-refractivity contribution is 5.97. The zero-order chi connectivity index (χ0) is 9.14. The minimum Gasteiger partial charge on any atom is -0.298 e. The lowest BCUT2D eigenvalue weighted by atomic mass is 9.82. The Morgan fingerprint density at radius 2 is 2.25 bits per heavy atom. The number of carbonyl (C=O) groups excluding carboxylic acids is 2. The maximum absolute atomic E-state index is 11.4. The Morgan fingerprint density at radius 1 is 1.58 bits per heavy atom. The number of ketones is 1. The smallest absolute Gasteiger partial charge is 0.159 e.